The van der Waals surface area contributed by atoms with Crippen LogP contribution in [-0.2, 0) is 4.74 Å². The Labute approximate surface area is 91.8 Å². The number of halogens is 3. The van der Waals surface area contributed by atoms with Crippen LogP contribution in [-0.4, -0.2) is 29.7 Å². The molecule has 0 aromatic heterocycles. The van der Waals surface area contributed by atoms with Gasteiger partial charge in [0.25, 0.3) is 0 Å². The van der Waals surface area contributed by atoms with Crippen LogP contribution < -0.4 is 10.6 Å². The Morgan fingerprint density at radius 3 is 2.38 bits per heavy atom. The van der Waals surface area contributed by atoms with Gasteiger partial charge in [-0.05, 0) is 6.54 Å². The highest BCUT2D eigenvalue weighted by Crippen LogP contribution is 2.28. The summed E-state index contributed by atoms with van der Waals surface area (Å²) in [6.45, 7) is 2.38. The third-order valence-corrected chi connectivity index (χ3v) is 1.84. The van der Waals surface area contributed by atoms with Gasteiger partial charge in [0.2, 0.25) is 3.79 Å². The van der Waals surface area contributed by atoms with Crippen molar-refractivity contribution < 1.29 is 9.53 Å². The molecule has 0 saturated heterocycles. The third-order valence-electron chi connectivity index (χ3n) is 1.18. The summed E-state index contributed by atoms with van der Waals surface area (Å²) in [7, 11) is 1.23. The van der Waals surface area contributed by atoms with Crippen molar-refractivity contribution in [2.45, 2.75) is 16.9 Å². The summed E-state index contributed by atoms with van der Waals surface area (Å²) in [5, 5.41) is 5.12. The number of hydrogen-bond acceptors (Lipinski definition) is 3. The lowest BCUT2D eigenvalue weighted by Crippen LogP contribution is -2.53. The molecule has 0 fully saturated rings. The van der Waals surface area contributed by atoms with Crippen molar-refractivity contribution in [3.05, 3.63) is 0 Å². The fourth-order valence-electron chi connectivity index (χ4n) is 0.629. The maximum absolute atomic E-state index is 10.8. The molecule has 1 unspecified atom stereocenters. The van der Waals surface area contributed by atoms with Gasteiger partial charge in [-0.1, -0.05) is 41.7 Å². The van der Waals surface area contributed by atoms with Crippen LogP contribution >= 0.6 is 34.8 Å². The van der Waals surface area contributed by atoms with Crippen molar-refractivity contribution in [3.8, 4) is 0 Å². The molecule has 1 atom stereocenters. The molecule has 0 spiro atoms. The van der Waals surface area contributed by atoms with Crippen molar-refractivity contribution >= 4 is 40.9 Å². The summed E-state index contributed by atoms with van der Waals surface area (Å²) in [5.41, 5.74) is 0. The molecular formula is C6H11Cl3N2O2. The Bertz CT molecular complexity index is 172. The molecule has 13 heavy (non-hydrogen) atoms. The molecule has 0 rings (SSSR count). The number of alkyl carbamates (subject to hydrolysis) is 1. The summed E-state index contributed by atoms with van der Waals surface area (Å²) in [5.74, 6) is 0. The number of carbonyl (C=O) groups is 1. The van der Waals surface area contributed by atoms with Crippen LogP contribution in [0.5, 0.6) is 0 Å². The number of rotatable bonds is 3. The van der Waals surface area contributed by atoms with Gasteiger partial charge in [0, 0.05) is 0 Å². The molecule has 0 aliphatic rings. The lowest BCUT2D eigenvalue weighted by atomic mass is 10.5. The Morgan fingerprint density at radius 2 is 2.08 bits per heavy atom. The number of carbonyl (C=O) groups excluding carboxylic acids is 1. The predicted octanol–water partition coefficient (Wildman–Crippen LogP) is 1.65. The van der Waals surface area contributed by atoms with Gasteiger partial charge >= 0.3 is 6.09 Å². The van der Waals surface area contributed by atoms with Crippen molar-refractivity contribution in [1.82, 2.24) is 10.6 Å². The second kappa shape index (κ2) is 5.75. The first-order valence-electron chi connectivity index (χ1n) is 3.56. The predicted molar refractivity (Wildman–Crippen MR) is 53.3 cm³/mol. The maximum atomic E-state index is 10.8. The van der Waals surface area contributed by atoms with E-state index < -0.39 is 16.1 Å². The molecule has 78 valence electrons. The SMILES string of the molecule is CCNC(NC(=O)OC)C(Cl)(Cl)Cl. The van der Waals surface area contributed by atoms with Crippen LogP contribution in [0.1, 0.15) is 6.92 Å². The number of nitrogens with one attached hydrogen (secondary N) is 2. The number of hydrogen-bond donors (Lipinski definition) is 2. The summed E-state index contributed by atoms with van der Waals surface area (Å²) in [6.07, 6.45) is -1.42. The van der Waals surface area contributed by atoms with Gasteiger partial charge in [0.15, 0.2) is 0 Å². The van der Waals surface area contributed by atoms with Crippen LogP contribution in [0, 0.1) is 0 Å². The van der Waals surface area contributed by atoms with Crippen molar-refractivity contribution in [3.63, 3.8) is 0 Å². The first-order valence-corrected chi connectivity index (χ1v) is 4.69. The zero-order valence-electron chi connectivity index (χ0n) is 7.23. The van der Waals surface area contributed by atoms with E-state index in [2.05, 4.69) is 15.4 Å². The summed E-state index contributed by atoms with van der Waals surface area (Å²) < 4.78 is 2.75. The van der Waals surface area contributed by atoms with Gasteiger partial charge in [-0.15, -0.1) is 0 Å². The molecule has 0 aromatic carbocycles. The number of alkyl halides is 3. The number of methoxy groups -OCH3 is 1. The average molecular weight is 250 g/mol. The Kier molecular flexibility index (Phi) is 5.80. The molecule has 2 N–H and O–H groups in total. The second-order valence-corrected chi connectivity index (χ2v) is 4.54. The fraction of sp³-hybridized carbons (Fsp3) is 0.833. The average Bonchev–Trinajstić information content (AvgIpc) is 2.01. The number of amides is 1. The minimum atomic E-state index is -1.61. The Morgan fingerprint density at radius 1 is 1.54 bits per heavy atom. The van der Waals surface area contributed by atoms with E-state index in [-0.39, 0.29) is 0 Å². The van der Waals surface area contributed by atoms with E-state index in [9.17, 15) is 4.79 Å². The van der Waals surface area contributed by atoms with Crippen molar-refractivity contribution in [2.24, 2.45) is 0 Å². The van der Waals surface area contributed by atoms with E-state index in [1.165, 1.54) is 7.11 Å². The Hall–Kier alpha value is 0.1000. The van der Waals surface area contributed by atoms with E-state index in [4.69, 9.17) is 34.8 Å². The third kappa shape index (κ3) is 5.41. The largest absolute Gasteiger partial charge is 0.453 e. The molecular weight excluding hydrogens is 238 g/mol. The summed E-state index contributed by atoms with van der Waals surface area (Å²) in [6, 6.07) is 0. The zero-order valence-corrected chi connectivity index (χ0v) is 9.50. The zero-order chi connectivity index (χ0) is 10.5. The highest BCUT2D eigenvalue weighted by Gasteiger charge is 2.33. The summed E-state index contributed by atoms with van der Waals surface area (Å²) in [4.78, 5) is 10.8. The van der Waals surface area contributed by atoms with E-state index in [1.54, 1.807) is 0 Å². The van der Waals surface area contributed by atoms with Gasteiger partial charge < -0.3 is 10.1 Å². The highest BCUT2D eigenvalue weighted by atomic mass is 35.6. The molecule has 0 aliphatic carbocycles. The Balaban J connectivity index is 4.18. The van der Waals surface area contributed by atoms with Gasteiger partial charge in [-0.25, -0.2) is 4.79 Å². The first-order chi connectivity index (χ1) is 5.91. The fourth-order valence-corrected chi connectivity index (χ4v) is 1.02. The quantitative estimate of drug-likeness (QED) is 0.591. The first kappa shape index (κ1) is 13.1. The van der Waals surface area contributed by atoms with Crippen LogP contribution in [0.25, 0.3) is 0 Å². The van der Waals surface area contributed by atoms with Crippen LogP contribution in [0.15, 0.2) is 0 Å². The van der Waals surface area contributed by atoms with Crippen molar-refractivity contribution in [1.29, 1.82) is 0 Å². The van der Waals surface area contributed by atoms with E-state index >= 15 is 0 Å². The van der Waals surface area contributed by atoms with Gasteiger partial charge in [-0.2, -0.15) is 0 Å². The second-order valence-electron chi connectivity index (χ2n) is 2.17. The number of ether oxygens (including phenoxy) is 1. The minimum absolute atomic E-state index is 0.558. The molecule has 0 aromatic rings. The highest BCUT2D eigenvalue weighted by molar-refractivity contribution is 6.68. The lowest BCUT2D eigenvalue weighted by Gasteiger charge is -2.25. The lowest BCUT2D eigenvalue weighted by molar-refractivity contribution is 0.164. The van der Waals surface area contributed by atoms with Crippen LogP contribution in [0.3, 0.4) is 0 Å². The van der Waals surface area contributed by atoms with E-state index in [0.29, 0.717) is 6.54 Å². The van der Waals surface area contributed by atoms with Gasteiger partial charge in [-0.3, -0.25) is 5.32 Å². The van der Waals surface area contributed by atoms with Gasteiger partial charge in [0.05, 0.1) is 7.11 Å². The monoisotopic (exact) mass is 248 g/mol. The normalized spacial score (nSPS) is 13.6. The molecule has 0 bridgehead atoms. The standard InChI is InChI=1S/C6H11Cl3N2O2/c1-3-10-4(6(7,8)9)11-5(12)13-2/h4,10H,3H2,1-2H3,(H,11,12). The molecule has 0 saturated carbocycles. The molecule has 0 aliphatic heterocycles. The van der Waals surface area contributed by atoms with Crippen LogP contribution in [0.2, 0.25) is 0 Å². The summed E-state index contributed by atoms with van der Waals surface area (Å²) >= 11 is 16.7. The molecule has 0 radical (unpaired) electrons. The smallest absolute Gasteiger partial charge is 0.408 e. The topological polar surface area (TPSA) is 50.4 Å². The van der Waals surface area contributed by atoms with Crippen LogP contribution in [0.4, 0.5) is 4.79 Å². The van der Waals surface area contributed by atoms with E-state index in [1.807, 2.05) is 6.92 Å². The van der Waals surface area contributed by atoms with E-state index in [0.717, 1.165) is 0 Å². The van der Waals surface area contributed by atoms with Gasteiger partial charge in [0.1, 0.15) is 6.17 Å². The molecule has 1 amide bonds. The molecule has 4 nitrogen and oxygen atoms in total. The molecule has 7 heteroatoms. The minimum Gasteiger partial charge on any atom is -0.453 e. The molecule has 0 heterocycles. The van der Waals surface area contributed by atoms with Crippen molar-refractivity contribution in [2.75, 3.05) is 13.7 Å². The maximum Gasteiger partial charge on any atom is 0.408 e.